The maximum atomic E-state index is 11.7. The van der Waals surface area contributed by atoms with Gasteiger partial charge in [0.15, 0.2) is 11.2 Å². The van der Waals surface area contributed by atoms with Crippen molar-refractivity contribution in [1.82, 2.24) is 9.55 Å². The van der Waals surface area contributed by atoms with E-state index >= 15 is 0 Å². The van der Waals surface area contributed by atoms with Crippen LogP contribution in [0.25, 0.3) is 0 Å². The smallest absolute Gasteiger partial charge is 0.330 e. The van der Waals surface area contributed by atoms with Crippen LogP contribution in [0.2, 0.25) is 0 Å². The summed E-state index contributed by atoms with van der Waals surface area (Å²) in [6.45, 7) is 2.67. The normalized spacial score (nSPS) is 11.9. The van der Waals surface area contributed by atoms with Crippen molar-refractivity contribution in [2.24, 2.45) is 0 Å². The maximum absolute atomic E-state index is 11.7. The van der Waals surface area contributed by atoms with Gasteiger partial charge in [0.2, 0.25) is 0 Å². The molecule has 0 radical (unpaired) electrons. The number of aliphatic carboxylic acids is 1. The number of nitrogens with zero attached hydrogens (tertiary/aromatic N) is 2. The number of anilines is 1. The molecule has 0 saturated carbocycles. The van der Waals surface area contributed by atoms with Crippen LogP contribution in [0.3, 0.4) is 0 Å². The number of aliphatic hydroxyl groups excluding tert-OH is 1. The second kappa shape index (κ2) is 10.1. The number of carboxylic acids is 1. The average molecular weight is 412 g/mol. The van der Waals surface area contributed by atoms with Gasteiger partial charge in [-0.05, 0) is 29.7 Å². The molecule has 0 amide bonds. The number of hydrogen-bond donors (Lipinski definition) is 3. The maximum Gasteiger partial charge on any atom is 0.330 e. The van der Waals surface area contributed by atoms with Gasteiger partial charge in [0.1, 0.15) is 0 Å². The molecule has 1 heterocycles. The molecule has 0 saturated heterocycles. The van der Waals surface area contributed by atoms with E-state index in [4.69, 9.17) is 0 Å². The van der Waals surface area contributed by atoms with Crippen LogP contribution in [-0.4, -0.2) is 31.5 Å². The first-order valence-electron chi connectivity index (χ1n) is 9.53. The third-order valence-corrected chi connectivity index (χ3v) is 5.68. The van der Waals surface area contributed by atoms with Crippen LogP contribution in [0.1, 0.15) is 36.2 Å². The number of thioether (sulfide) groups is 1. The van der Waals surface area contributed by atoms with E-state index in [0.717, 1.165) is 34.3 Å². The molecule has 3 aromatic rings. The number of aliphatic hydroxyl groups is 1. The van der Waals surface area contributed by atoms with Crippen molar-refractivity contribution in [3.8, 4) is 0 Å². The fourth-order valence-corrected chi connectivity index (χ4v) is 3.84. The van der Waals surface area contributed by atoms with Gasteiger partial charge >= 0.3 is 5.97 Å². The molecule has 3 rings (SSSR count). The summed E-state index contributed by atoms with van der Waals surface area (Å²) in [6, 6.07) is 16.0. The van der Waals surface area contributed by atoms with Crippen LogP contribution in [0.15, 0.2) is 66.0 Å². The molecular weight excluding hydrogens is 386 g/mol. The monoisotopic (exact) mass is 411 g/mol. The minimum absolute atomic E-state index is 0.0588. The number of carbonyl (C=O) groups is 1. The van der Waals surface area contributed by atoms with E-state index in [9.17, 15) is 15.0 Å². The first-order valence-corrected chi connectivity index (χ1v) is 10.5. The molecule has 29 heavy (non-hydrogen) atoms. The van der Waals surface area contributed by atoms with Crippen molar-refractivity contribution in [2.45, 2.75) is 37.7 Å². The molecule has 1 atom stereocenters. The van der Waals surface area contributed by atoms with Crippen molar-refractivity contribution in [3.05, 3.63) is 77.6 Å². The number of carboxylic acid groups (broad SMARTS) is 1. The summed E-state index contributed by atoms with van der Waals surface area (Å²) in [5.41, 5.74) is 3.26. The predicted molar refractivity (Wildman–Crippen MR) is 115 cm³/mol. The fourth-order valence-electron chi connectivity index (χ4n) is 2.98. The lowest BCUT2D eigenvalue weighted by atomic mass is 10.1. The Hall–Kier alpha value is -2.77. The van der Waals surface area contributed by atoms with Crippen LogP contribution >= 0.6 is 11.8 Å². The SMILES string of the molecule is CCCSc1ncc(CO)n1Cc1ccc(NC(C(=O)O)c2ccccc2)cc1. The second-order valence-corrected chi connectivity index (χ2v) is 7.71. The Balaban J connectivity index is 1.74. The molecule has 6 nitrogen and oxygen atoms in total. The average Bonchev–Trinajstić information content (AvgIpc) is 3.13. The number of hydrogen-bond acceptors (Lipinski definition) is 5. The summed E-state index contributed by atoms with van der Waals surface area (Å²) in [5.74, 6) is 0.0460. The molecule has 1 unspecified atom stereocenters. The van der Waals surface area contributed by atoms with Crippen molar-refractivity contribution in [1.29, 1.82) is 0 Å². The zero-order valence-electron chi connectivity index (χ0n) is 16.3. The largest absolute Gasteiger partial charge is 0.479 e. The number of benzene rings is 2. The van der Waals surface area contributed by atoms with Crippen molar-refractivity contribution in [2.75, 3.05) is 11.1 Å². The Morgan fingerprint density at radius 1 is 1.17 bits per heavy atom. The molecule has 3 N–H and O–H groups in total. The summed E-state index contributed by atoms with van der Waals surface area (Å²) in [5, 5.41) is 23.2. The highest BCUT2D eigenvalue weighted by Gasteiger charge is 2.19. The standard InChI is InChI=1S/C22H25N3O3S/c1-2-12-29-22-23-13-19(15-26)25(22)14-16-8-10-18(11-9-16)24-20(21(27)28)17-6-4-3-5-7-17/h3-11,13,20,24,26H,2,12,14-15H2,1H3,(H,27,28). The van der Waals surface area contributed by atoms with Gasteiger partial charge in [0, 0.05) is 18.0 Å². The fraction of sp³-hybridized carbons (Fsp3) is 0.273. The van der Waals surface area contributed by atoms with Crippen molar-refractivity contribution < 1.29 is 15.0 Å². The summed E-state index contributed by atoms with van der Waals surface area (Å²) in [4.78, 5) is 16.1. The molecule has 0 bridgehead atoms. The van der Waals surface area contributed by atoms with Crippen LogP contribution in [-0.2, 0) is 17.9 Å². The highest BCUT2D eigenvalue weighted by molar-refractivity contribution is 7.99. The molecule has 0 aliphatic heterocycles. The molecular formula is C22H25N3O3S. The highest BCUT2D eigenvalue weighted by atomic mass is 32.2. The molecule has 1 aromatic heterocycles. The zero-order valence-corrected chi connectivity index (χ0v) is 17.1. The van der Waals surface area contributed by atoms with E-state index in [1.54, 1.807) is 30.1 Å². The van der Waals surface area contributed by atoms with Crippen LogP contribution < -0.4 is 5.32 Å². The Labute approximate surface area is 174 Å². The zero-order chi connectivity index (χ0) is 20.6. The number of imidazole rings is 1. The van der Waals surface area contributed by atoms with Crippen molar-refractivity contribution >= 4 is 23.4 Å². The minimum atomic E-state index is -0.927. The number of rotatable bonds is 10. The molecule has 0 fully saturated rings. The molecule has 0 spiro atoms. The van der Waals surface area contributed by atoms with Crippen molar-refractivity contribution in [3.63, 3.8) is 0 Å². The van der Waals surface area contributed by atoms with E-state index < -0.39 is 12.0 Å². The highest BCUT2D eigenvalue weighted by Crippen LogP contribution is 2.23. The van der Waals surface area contributed by atoms with Crippen LogP contribution in [0, 0.1) is 0 Å². The molecule has 152 valence electrons. The quantitative estimate of drug-likeness (QED) is 0.434. The van der Waals surface area contributed by atoms with Gasteiger partial charge in [0.05, 0.1) is 18.5 Å². The Kier molecular flexibility index (Phi) is 7.32. The minimum Gasteiger partial charge on any atom is -0.479 e. The van der Waals surface area contributed by atoms with E-state index in [1.165, 1.54) is 0 Å². The lowest BCUT2D eigenvalue weighted by molar-refractivity contribution is -0.138. The van der Waals surface area contributed by atoms with Gasteiger partial charge in [-0.15, -0.1) is 0 Å². The summed E-state index contributed by atoms with van der Waals surface area (Å²) < 4.78 is 2.02. The van der Waals surface area contributed by atoms with E-state index in [0.29, 0.717) is 12.1 Å². The van der Waals surface area contributed by atoms with Crippen LogP contribution in [0.4, 0.5) is 5.69 Å². The van der Waals surface area contributed by atoms with E-state index in [2.05, 4.69) is 17.2 Å². The Morgan fingerprint density at radius 2 is 1.90 bits per heavy atom. The first kappa shape index (κ1) is 21.0. The molecule has 0 aliphatic rings. The summed E-state index contributed by atoms with van der Waals surface area (Å²) >= 11 is 1.68. The van der Waals surface area contributed by atoms with Crippen LogP contribution in [0.5, 0.6) is 0 Å². The molecule has 7 heteroatoms. The van der Waals surface area contributed by atoms with Gasteiger partial charge in [0.25, 0.3) is 0 Å². The van der Waals surface area contributed by atoms with Gasteiger partial charge in [-0.25, -0.2) is 9.78 Å². The predicted octanol–water partition coefficient (Wildman–Crippen LogP) is 4.16. The lowest BCUT2D eigenvalue weighted by Gasteiger charge is -2.17. The van der Waals surface area contributed by atoms with Gasteiger partial charge in [-0.2, -0.15) is 0 Å². The molecule has 0 aliphatic carbocycles. The Morgan fingerprint density at radius 3 is 2.52 bits per heavy atom. The number of aromatic nitrogens is 2. The summed E-state index contributed by atoms with van der Waals surface area (Å²) in [6.07, 6.45) is 2.77. The van der Waals surface area contributed by atoms with E-state index in [-0.39, 0.29) is 6.61 Å². The summed E-state index contributed by atoms with van der Waals surface area (Å²) in [7, 11) is 0. The molecule has 2 aromatic carbocycles. The third-order valence-electron chi connectivity index (χ3n) is 4.48. The lowest BCUT2D eigenvalue weighted by Crippen LogP contribution is -2.20. The second-order valence-electron chi connectivity index (χ2n) is 6.65. The van der Waals surface area contributed by atoms with Gasteiger partial charge in [-0.1, -0.05) is 61.2 Å². The van der Waals surface area contributed by atoms with E-state index in [1.807, 2.05) is 47.0 Å². The van der Waals surface area contributed by atoms with Gasteiger partial charge in [-0.3, -0.25) is 0 Å². The van der Waals surface area contributed by atoms with Gasteiger partial charge < -0.3 is 20.1 Å². The third kappa shape index (κ3) is 5.40. The Bertz CT molecular complexity index is 926. The number of nitrogens with one attached hydrogen (secondary N) is 1. The first-order chi connectivity index (χ1) is 14.1. The topological polar surface area (TPSA) is 87.4 Å².